The predicted octanol–water partition coefficient (Wildman–Crippen LogP) is 14.1. The summed E-state index contributed by atoms with van der Waals surface area (Å²) in [5.74, 6) is 0. The van der Waals surface area contributed by atoms with Crippen LogP contribution < -0.4 is 4.90 Å². The van der Waals surface area contributed by atoms with Crippen molar-refractivity contribution in [3.8, 4) is 44.5 Å². The Bertz CT molecular complexity index is 2640. The summed E-state index contributed by atoms with van der Waals surface area (Å²) in [5, 5.41) is 5.00. The first kappa shape index (κ1) is 30.4. The molecule has 0 N–H and O–H groups in total. The highest BCUT2D eigenvalue weighted by atomic mass is 15.1. The molecule has 0 bridgehead atoms. The molecule has 0 fully saturated rings. The van der Waals surface area contributed by atoms with Crippen LogP contribution in [0.4, 0.5) is 17.1 Å². The van der Waals surface area contributed by atoms with E-state index in [2.05, 4.69) is 217 Å². The zero-order valence-electron chi connectivity index (χ0n) is 28.2. The summed E-state index contributed by atoms with van der Waals surface area (Å²) in [6.45, 7) is 0. The molecule has 0 heterocycles. The van der Waals surface area contributed by atoms with Crippen LogP contribution in [0.3, 0.4) is 0 Å². The number of hydrogen-bond acceptors (Lipinski definition) is 1. The highest BCUT2D eigenvalue weighted by Gasteiger charge is 2.16. The van der Waals surface area contributed by atoms with Crippen LogP contribution in [0.2, 0.25) is 0 Å². The first-order valence-corrected chi connectivity index (χ1v) is 17.5. The van der Waals surface area contributed by atoms with Crippen molar-refractivity contribution in [2.45, 2.75) is 0 Å². The Hall–Kier alpha value is -6.70. The summed E-state index contributed by atoms with van der Waals surface area (Å²) in [4.78, 5) is 2.37. The lowest BCUT2D eigenvalue weighted by atomic mass is 9.93. The van der Waals surface area contributed by atoms with E-state index in [4.69, 9.17) is 0 Å². The van der Waals surface area contributed by atoms with Crippen molar-refractivity contribution in [1.82, 2.24) is 0 Å². The van der Waals surface area contributed by atoms with Crippen molar-refractivity contribution < 1.29 is 0 Å². The fourth-order valence-corrected chi connectivity index (χ4v) is 7.23. The zero-order chi connectivity index (χ0) is 34.0. The third kappa shape index (κ3) is 6.07. The van der Waals surface area contributed by atoms with E-state index in [-0.39, 0.29) is 0 Å². The maximum absolute atomic E-state index is 2.37. The molecule has 0 aromatic heterocycles. The molecular formula is C50H35N. The molecule has 0 spiro atoms. The van der Waals surface area contributed by atoms with E-state index in [1.165, 1.54) is 66.1 Å². The van der Waals surface area contributed by atoms with Gasteiger partial charge in [0.2, 0.25) is 0 Å². The molecular weight excluding hydrogens is 615 g/mol. The zero-order valence-corrected chi connectivity index (χ0v) is 28.2. The summed E-state index contributed by atoms with van der Waals surface area (Å²) >= 11 is 0. The number of anilines is 3. The average molecular weight is 650 g/mol. The van der Waals surface area contributed by atoms with Gasteiger partial charge in [-0.1, -0.05) is 164 Å². The fourth-order valence-electron chi connectivity index (χ4n) is 7.23. The normalized spacial score (nSPS) is 11.1. The smallest absolute Gasteiger partial charge is 0.0467 e. The van der Waals surface area contributed by atoms with E-state index in [9.17, 15) is 0 Å². The quantitative estimate of drug-likeness (QED) is 0.166. The van der Waals surface area contributed by atoms with Gasteiger partial charge in [-0.05, 0) is 115 Å². The van der Waals surface area contributed by atoms with Crippen molar-refractivity contribution in [2.24, 2.45) is 0 Å². The van der Waals surface area contributed by atoms with Gasteiger partial charge in [-0.3, -0.25) is 0 Å². The van der Waals surface area contributed by atoms with Gasteiger partial charge in [0.25, 0.3) is 0 Å². The van der Waals surface area contributed by atoms with E-state index in [1.807, 2.05) is 0 Å². The largest absolute Gasteiger partial charge is 0.310 e. The molecule has 9 aromatic rings. The van der Waals surface area contributed by atoms with Crippen LogP contribution in [0.25, 0.3) is 66.1 Å². The average Bonchev–Trinajstić information content (AvgIpc) is 3.21. The third-order valence-corrected chi connectivity index (χ3v) is 9.82. The van der Waals surface area contributed by atoms with Crippen LogP contribution >= 0.6 is 0 Å². The predicted molar refractivity (Wildman–Crippen MR) is 218 cm³/mol. The molecule has 9 aromatic carbocycles. The topological polar surface area (TPSA) is 3.24 Å². The van der Waals surface area contributed by atoms with E-state index in [0.717, 1.165) is 17.1 Å². The van der Waals surface area contributed by atoms with Crippen LogP contribution in [-0.2, 0) is 0 Å². The first-order valence-electron chi connectivity index (χ1n) is 17.5. The molecule has 0 saturated heterocycles. The van der Waals surface area contributed by atoms with Gasteiger partial charge < -0.3 is 4.90 Å². The molecule has 1 nitrogen and oxygen atoms in total. The van der Waals surface area contributed by atoms with E-state index < -0.39 is 0 Å². The second-order valence-corrected chi connectivity index (χ2v) is 13.0. The number of benzene rings is 9. The van der Waals surface area contributed by atoms with Crippen LogP contribution in [-0.4, -0.2) is 0 Å². The lowest BCUT2D eigenvalue weighted by Gasteiger charge is -2.27. The van der Waals surface area contributed by atoms with Gasteiger partial charge in [-0.2, -0.15) is 0 Å². The van der Waals surface area contributed by atoms with Gasteiger partial charge in [0, 0.05) is 17.1 Å². The van der Waals surface area contributed by atoms with Gasteiger partial charge in [0.1, 0.15) is 0 Å². The first-order chi connectivity index (χ1) is 25.3. The Morgan fingerprint density at radius 1 is 0.216 bits per heavy atom. The van der Waals surface area contributed by atoms with Gasteiger partial charge in [0.15, 0.2) is 0 Å². The van der Waals surface area contributed by atoms with Crippen LogP contribution in [0.15, 0.2) is 212 Å². The summed E-state index contributed by atoms with van der Waals surface area (Å²) in [6, 6.07) is 76.7. The monoisotopic (exact) mass is 649 g/mol. The summed E-state index contributed by atoms with van der Waals surface area (Å²) in [7, 11) is 0. The third-order valence-electron chi connectivity index (χ3n) is 9.82. The van der Waals surface area contributed by atoms with Gasteiger partial charge in [0.05, 0.1) is 0 Å². The summed E-state index contributed by atoms with van der Waals surface area (Å²) in [5.41, 5.74) is 12.9. The molecule has 0 aliphatic rings. The lowest BCUT2D eigenvalue weighted by Crippen LogP contribution is -2.10. The Kier molecular flexibility index (Phi) is 7.92. The number of rotatable bonds is 7. The molecule has 0 amide bonds. The van der Waals surface area contributed by atoms with Gasteiger partial charge >= 0.3 is 0 Å². The standard InChI is InChI=1S/C50H35N/c1-2-12-36(13-3-1)42-18-10-20-47(34-42)51(48-21-11-19-43(35-48)44-26-24-37-14-4-6-16-40(37)32-44)46-30-28-39(29-31-46)49-22-8-9-23-50(49)45-27-25-38-15-5-7-17-41(38)33-45/h1-35H. The molecule has 0 aliphatic carbocycles. The molecule has 0 atom stereocenters. The Morgan fingerprint density at radius 2 is 0.647 bits per heavy atom. The number of fused-ring (bicyclic) bond motifs is 2. The van der Waals surface area contributed by atoms with Gasteiger partial charge in [-0.25, -0.2) is 0 Å². The number of hydrogen-bond donors (Lipinski definition) is 0. The van der Waals surface area contributed by atoms with E-state index in [0.29, 0.717) is 0 Å². The van der Waals surface area contributed by atoms with E-state index >= 15 is 0 Å². The fraction of sp³-hybridized carbons (Fsp3) is 0. The molecule has 0 radical (unpaired) electrons. The minimum absolute atomic E-state index is 1.10. The maximum atomic E-state index is 2.37. The van der Waals surface area contributed by atoms with Crippen molar-refractivity contribution in [3.05, 3.63) is 212 Å². The SMILES string of the molecule is c1ccc(-c2cccc(N(c3ccc(-c4ccccc4-c4ccc5ccccc5c4)cc3)c3cccc(-c4ccc5ccccc5c4)c3)c2)cc1. The number of nitrogens with zero attached hydrogens (tertiary/aromatic N) is 1. The molecule has 0 aliphatic heterocycles. The molecule has 240 valence electrons. The minimum Gasteiger partial charge on any atom is -0.310 e. The highest BCUT2D eigenvalue weighted by molar-refractivity contribution is 5.92. The van der Waals surface area contributed by atoms with Gasteiger partial charge in [-0.15, -0.1) is 0 Å². The summed E-state index contributed by atoms with van der Waals surface area (Å²) < 4.78 is 0. The Labute approximate surface area is 299 Å². The second-order valence-electron chi connectivity index (χ2n) is 13.0. The van der Waals surface area contributed by atoms with Crippen LogP contribution in [0.5, 0.6) is 0 Å². The maximum Gasteiger partial charge on any atom is 0.0467 e. The second kappa shape index (κ2) is 13.3. The van der Waals surface area contributed by atoms with Crippen LogP contribution in [0.1, 0.15) is 0 Å². The van der Waals surface area contributed by atoms with Crippen molar-refractivity contribution in [3.63, 3.8) is 0 Å². The molecule has 0 saturated carbocycles. The molecule has 51 heavy (non-hydrogen) atoms. The lowest BCUT2D eigenvalue weighted by molar-refractivity contribution is 1.28. The Morgan fingerprint density at radius 3 is 1.27 bits per heavy atom. The van der Waals surface area contributed by atoms with Crippen molar-refractivity contribution >= 4 is 38.6 Å². The Balaban J connectivity index is 1.14. The van der Waals surface area contributed by atoms with Crippen molar-refractivity contribution in [2.75, 3.05) is 4.90 Å². The molecule has 0 unspecified atom stereocenters. The summed E-state index contributed by atoms with van der Waals surface area (Å²) in [6.07, 6.45) is 0. The molecule has 1 heteroatoms. The molecule has 9 rings (SSSR count). The minimum atomic E-state index is 1.10. The van der Waals surface area contributed by atoms with E-state index in [1.54, 1.807) is 0 Å². The van der Waals surface area contributed by atoms with Crippen molar-refractivity contribution in [1.29, 1.82) is 0 Å². The van der Waals surface area contributed by atoms with Crippen LogP contribution in [0, 0.1) is 0 Å². The highest BCUT2D eigenvalue weighted by Crippen LogP contribution is 2.40.